The average molecular weight is 318 g/mol. The summed E-state index contributed by atoms with van der Waals surface area (Å²) in [6, 6.07) is 13.7. The van der Waals surface area contributed by atoms with Crippen LogP contribution in [-0.4, -0.2) is 15.0 Å². The Labute approximate surface area is 132 Å². The lowest BCUT2D eigenvalue weighted by Gasteiger charge is -2.10. The van der Waals surface area contributed by atoms with Crippen LogP contribution in [0.5, 0.6) is 5.75 Å². The standard InChI is InChI=1S/C18H22O3S/c1-4-14(3)15-6-10-17(11-7-15)22(19,20)18-12-8-16(9-13-18)21-5-2/h6-14H,4-5H2,1-3H3. The minimum Gasteiger partial charge on any atom is -0.494 e. The summed E-state index contributed by atoms with van der Waals surface area (Å²) in [6.45, 7) is 6.71. The van der Waals surface area contributed by atoms with Crippen molar-refractivity contribution in [2.75, 3.05) is 6.61 Å². The molecule has 4 heteroatoms. The Morgan fingerprint density at radius 3 is 1.86 bits per heavy atom. The van der Waals surface area contributed by atoms with Crippen molar-refractivity contribution in [1.82, 2.24) is 0 Å². The highest BCUT2D eigenvalue weighted by molar-refractivity contribution is 7.91. The van der Waals surface area contributed by atoms with E-state index in [4.69, 9.17) is 4.74 Å². The summed E-state index contributed by atoms with van der Waals surface area (Å²) in [5, 5.41) is 0. The van der Waals surface area contributed by atoms with Crippen LogP contribution in [0.4, 0.5) is 0 Å². The molecule has 0 N–H and O–H groups in total. The molecular weight excluding hydrogens is 296 g/mol. The van der Waals surface area contributed by atoms with Gasteiger partial charge in [-0.1, -0.05) is 26.0 Å². The van der Waals surface area contributed by atoms with Gasteiger partial charge in [0.1, 0.15) is 5.75 Å². The molecule has 0 spiro atoms. The highest BCUT2D eigenvalue weighted by Crippen LogP contribution is 2.25. The van der Waals surface area contributed by atoms with Crippen LogP contribution in [0.1, 0.15) is 38.7 Å². The first-order valence-corrected chi connectivity index (χ1v) is 9.05. The second-order valence-electron chi connectivity index (χ2n) is 5.29. The summed E-state index contributed by atoms with van der Waals surface area (Å²) in [5.74, 6) is 1.11. The lowest BCUT2D eigenvalue weighted by atomic mass is 9.99. The molecule has 0 aliphatic rings. The number of ether oxygens (including phenoxy) is 1. The van der Waals surface area contributed by atoms with Gasteiger partial charge < -0.3 is 4.74 Å². The van der Waals surface area contributed by atoms with E-state index in [9.17, 15) is 8.42 Å². The van der Waals surface area contributed by atoms with E-state index in [1.807, 2.05) is 19.1 Å². The molecule has 1 unspecified atom stereocenters. The van der Waals surface area contributed by atoms with E-state index in [1.165, 1.54) is 0 Å². The molecule has 0 radical (unpaired) electrons. The van der Waals surface area contributed by atoms with E-state index >= 15 is 0 Å². The maximum absolute atomic E-state index is 12.6. The highest BCUT2D eigenvalue weighted by Gasteiger charge is 2.17. The van der Waals surface area contributed by atoms with Crippen molar-refractivity contribution in [1.29, 1.82) is 0 Å². The van der Waals surface area contributed by atoms with E-state index in [0.29, 0.717) is 23.2 Å². The van der Waals surface area contributed by atoms with Crippen LogP contribution < -0.4 is 4.74 Å². The van der Waals surface area contributed by atoms with Crippen molar-refractivity contribution in [3.8, 4) is 5.75 Å². The van der Waals surface area contributed by atoms with E-state index in [-0.39, 0.29) is 4.90 Å². The number of hydrogen-bond donors (Lipinski definition) is 0. The first-order chi connectivity index (χ1) is 10.5. The van der Waals surface area contributed by atoms with Crippen LogP contribution in [0.2, 0.25) is 0 Å². The van der Waals surface area contributed by atoms with Crippen LogP contribution in [-0.2, 0) is 9.84 Å². The van der Waals surface area contributed by atoms with Crippen molar-refractivity contribution in [3.63, 3.8) is 0 Å². The van der Waals surface area contributed by atoms with Gasteiger partial charge in [-0.2, -0.15) is 0 Å². The fourth-order valence-corrected chi connectivity index (χ4v) is 3.49. The molecular formula is C18H22O3S. The summed E-state index contributed by atoms with van der Waals surface area (Å²) in [7, 11) is -3.48. The highest BCUT2D eigenvalue weighted by atomic mass is 32.2. The molecule has 0 fully saturated rings. The predicted molar refractivity (Wildman–Crippen MR) is 88.2 cm³/mol. The Morgan fingerprint density at radius 2 is 1.41 bits per heavy atom. The Balaban J connectivity index is 2.29. The van der Waals surface area contributed by atoms with Crippen molar-refractivity contribution in [2.24, 2.45) is 0 Å². The molecule has 2 aromatic rings. The van der Waals surface area contributed by atoms with Gasteiger partial charge in [0, 0.05) is 0 Å². The Morgan fingerprint density at radius 1 is 0.909 bits per heavy atom. The lowest BCUT2D eigenvalue weighted by Crippen LogP contribution is -2.03. The maximum Gasteiger partial charge on any atom is 0.206 e. The molecule has 0 bridgehead atoms. The van der Waals surface area contributed by atoms with Crippen LogP contribution in [0.25, 0.3) is 0 Å². The van der Waals surface area contributed by atoms with E-state index in [1.54, 1.807) is 36.4 Å². The Hall–Kier alpha value is -1.81. The van der Waals surface area contributed by atoms with Gasteiger partial charge in [0.2, 0.25) is 9.84 Å². The zero-order valence-corrected chi connectivity index (χ0v) is 14.1. The first-order valence-electron chi connectivity index (χ1n) is 7.57. The molecule has 0 saturated heterocycles. The third kappa shape index (κ3) is 3.50. The second-order valence-corrected chi connectivity index (χ2v) is 7.24. The molecule has 22 heavy (non-hydrogen) atoms. The number of rotatable bonds is 6. The van der Waals surface area contributed by atoms with Gasteiger partial charge in [-0.05, 0) is 61.2 Å². The monoisotopic (exact) mass is 318 g/mol. The average Bonchev–Trinajstić information content (AvgIpc) is 2.55. The minimum atomic E-state index is -3.48. The van der Waals surface area contributed by atoms with Crippen molar-refractivity contribution in [2.45, 2.75) is 42.9 Å². The maximum atomic E-state index is 12.6. The van der Waals surface area contributed by atoms with Crippen LogP contribution in [0.3, 0.4) is 0 Å². The summed E-state index contributed by atoms with van der Waals surface area (Å²) in [6.07, 6.45) is 1.03. The van der Waals surface area contributed by atoms with Crippen LogP contribution in [0.15, 0.2) is 58.3 Å². The predicted octanol–water partition coefficient (Wildman–Crippen LogP) is 4.43. The van der Waals surface area contributed by atoms with Crippen LogP contribution >= 0.6 is 0 Å². The normalized spacial score (nSPS) is 12.9. The summed E-state index contributed by atoms with van der Waals surface area (Å²) < 4.78 is 30.6. The molecule has 2 aromatic carbocycles. The summed E-state index contributed by atoms with van der Waals surface area (Å²) >= 11 is 0. The molecule has 118 valence electrons. The third-order valence-corrected chi connectivity index (χ3v) is 5.60. The first kappa shape index (κ1) is 16.6. The van der Waals surface area contributed by atoms with Gasteiger partial charge in [0.25, 0.3) is 0 Å². The Kier molecular flexibility index (Phi) is 5.24. The third-order valence-electron chi connectivity index (χ3n) is 3.82. The summed E-state index contributed by atoms with van der Waals surface area (Å²) in [5.41, 5.74) is 1.16. The number of hydrogen-bond acceptors (Lipinski definition) is 3. The fraction of sp³-hybridized carbons (Fsp3) is 0.333. The molecule has 0 amide bonds. The van der Waals surface area contributed by atoms with Gasteiger partial charge in [0.15, 0.2) is 0 Å². The molecule has 0 saturated carbocycles. The number of benzene rings is 2. The number of sulfone groups is 1. The van der Waals surface area contributed by atoms with Crippen molar-refractivity contribution < 1.29 is 13.2 Å². The molecule has 1 atom stereocenters. The second kappa shape index (κ2) is 6.97. The van der Waals surface area contributed by atoms with Crippen molar-refractivity contribution >= 4 is 9.84 Å². The zero-order chi connectivity index (χ0) is 16.2. The minimum absolute atomic E-state index is 0.284. The van der Waals surface area contributed by atoms with Gasteiger partial charge in [-0.25, -0.2) is 8.42 Å². The van der Waals surface area contributed by atoms with Gasteiger partial charge in [-0.3, -0.25) is 0 Å². The molecule has 3 nitrogen and oxygen atoms in total. The smallest absolute Gasteiger partial charge is 0.206 e. The summed E-state index contributed by atoms with van der Waals surface area (Å²) in [4.78, 5) is 0.607. The Bertz CT molecular complexity index is 701. The van der Waals surface area contributed by atoms with Gasteiger partial charge >= 0.3 is 0 Å². The molecule has 0 aromatic heterocycles. The van der Waals surface area contributed by atoms with Gasteiger partial charge in [0.05, 0.1) is 16.4 Å². The molecule has 0 aliphatic heterocycles. The van der Waals surface area contributed by atoms with E-state index < -0.39 is 9.84 Å². The molecule has 2 rings (SSSR count). The van der Waals surface area contributed by atoms with E-state index in [0.717, 1.165) is 12.0 Å². The SMILES string of the molecule is CCOc1ccc(S(=O)(=O)c2ccc(C(C)CC)cc2)cc1. The lowest BCUT2D eigenvalue weighted by molar-refractivity contribution is 0.340. The molecule has 0 heterocycles. The largest absolute Gasteiger partial charge is 0.494 e. The topological polar surface area (TPSA) is 43.4 Å². The van der Waals surface area contributed by atoms with E-state index in [2.05, 4.69) is 13.8 Å². The van der Waals surface area contributed by atoms with Gasteiger partial charge in [-0.15, -0.1) is 0 Å². The van der Waals surface area contributed by atoms with Crippen molar-refractivity contribution in [3.05, 3.63) is 54.1 Å². The quantitative estimate of drug-likeness (QED) is 0.791. The fourth-order valence-electron chi connectivity index (χ4n) is 2.23. The van der Waals surface area contributed by atoms with Crippen LogP contribution in [0, 0.1) is 0 Å². The zero-order valence-electron chi connectivity index (χ0n) is 13.2. The molecule has 0 aliphatic carbocycles.